The van der Waals surface area contributed by atoms with Gasteiger partial charge in [0.15, 0.2) is 0 Å². The van der Waals surface area contributed by atoms with Crippen molar-refractivity contribution in [1.82, 2.24) is 9.97 Å². The van der Waals surface area contributed by atoms with Crippen molar-refractivity contribution in [1.29, 1.82) is 0 Å². The summed E-state index contributed by atoms with van der Waals surface area (Å²) >= 11 is 0. The van der Waals surface area contributed by atoms with E-state index < -0.39 is 0 Å². The molecule has 0 radical (unpaired) electrons. The third-order valence-corrected chi connectivity index (χ3v) is 4.46. The fourth-order valence-electron chi connectivity index (χ4n) is 2.79. The summed E-state index contributed by atoms with van der Waals surface area (Å²) in [5.41, 5.74) is 8.05. The Kier molecular flexibility index (Phi) is 4.99. The second-order valence-corrected chi connectivity index (χ2v) is 6.35. The number of H-pyrrole nitrogens is 1. The van der Waals surface area contributed by atoms with Crippen molar-refractivity contribution >= 4 is 5.57 Å². The molecule has 1 heterocycles. The SMILES string of the molecule is C/C=C\C=C(/C)c1nc(-c2ccccc2)c(-c2ccc(C)c(C)c2)[nH]1. The molecule has 1 aromatic heterocycles. The van der Waals surface area contributed by atoms with Crippen LogP contribution >= 0.6 is 0 Å². The van der Waals surface area contributed by atoms with Crippen LogP contribution in [-0.4, -0.2) is 9.97 Å². The highest BCUT2D eigenvalue weighted by molar-refractivity contribution is 5.81. The van der Waals surface area contributed by atoms with Crippen LogP contribution < -0.4 is 0 Å². The predicted molar refractivity (Wildman–Crippen MR) is 107 cm³/mol. The summed E-state index contributed by atoms with van der Waals surface area (Å²) < 4.78 is 0. The van der Waals surface area contributed by atoms with Crippen LogP contribution in [0, 0.1) is 13.8 Å². The van der Waals surface area contributed by atoms with Gasteiger partial charge in [-0.05, 0) is 50.5 Å². The normalized spacial score (nSPS) is 12.1. The number of allylic oxidation sites excluding steroid dienone is 4. The molecule has 2 aromatic carbocycles. The van der Waals surface area contributed by atoms with Crippen LogP contribution in [0.25, 0.3) is 28.1 Å². The predicted octanol–water partition coefficient (Wildman–Crippen LogP) is 6.34. The number of aromatic amines is 1. The lowest BCUT2D eigenvalue weighted by Crippen LogP contribution is -1.87. The highest BCUT2D eigenvalue weighted by atomic mass is 14.9. The lowest BCUT2D eigenvalue weighted by atomic mass is 10.0. The molecule has 0 spiro atoms. The highest BCUT2D eigenvalue weighted by Crippen LogP contribution is 2.32. The van der Waals surface area contributed by atoms with E-state index in [9.17, 15) is 0 Å². The van der Waals surface area contributed by atoms with Crippen LogP contribution in [0.1, 0.15) is 30.8 Å². The minimum Gasteiger partial charge on any atom is -0.338 e. The first kappa shape index (κ1) is 17.0. The van der Waals surface area contributed by atoms with Gasteiger partial charge >= 0.3 is 0 Å². The average molecular weight is 328 g/mol. The highest BCUT2D eigenvalue weighted by Gasteiger charge is 2.15. The molecule has 3 aromatic rings. The second kappa shape index (κ2) is 7.35. The van der Waals surface area contributed by atoms with Gasteiger partial charge < -0.3 is 4.98 Å². The topological polar surface area (TPSA) is 28.7 Å². The fraction of sp³-hybridized carbons (Fsp3) is 0.174. The van der Waals surface area contributed by atoms with E-state index in [0.29, 0.717) is 0 Å². The smallest absolute Gasteiger partial charge is 0.134 e. The van der Waals surface area contributed by atoms with E-state index in [4.69, 9.17) is 4.98 Å². The third-order valence-electron chi connectivity index (χ3n) is 4.46. The van der Waals surface area contributed by atoms with Crippen LogP contribution in [0.5, 0.6) is 0 Å². The van der Waals surface area contributed by atoms with E-state index >= 15 is 0 Å². The largest absolute Gasteiger partial charge is 0.338 e. The Hall–Kier alpha value is -2.87. The number of imidazole rings is 1. The van der Waals surface area contributed by atoms with Gasteiger partial charge in [-0.2, -0.15) is 0 Å². The van der Waals surface area contributed by atoms with Crippen molar-refractivity contribution in [3.8, 4) is 22.5 Å². The van der Waals surface area contributed by atoms with E-state index in [1.165, 1.54) is 16.7 Å². The number of aromatic nitrogens is 2. The second-order valence-electron chi connectivity index (χ2n) is 6.35. The van der Waals surface area contributed by atoms with Gasteiger partial charge in [0.1, 0.15) is 5.82 Å². The summed E-state index contributed by atoms with van der Waals surface area (Å²) in [5, 5.41) is 0. The molecule has 2 nitrogen and oxygen atoms in total. The van der Waals surface area contributed by atoms with Crippen LogP contribution in [0.2, 0.25) is 0 Å². The maximum Gasteiger partial charge on any atom is 0.134 e. The first-order valence-electron chi connectivity index (χ1n) is 8.63. The first-order valence-corrected chi connectivity index (χ1v) is 8.63. The fourth-order valence-corrected chi connectivity index (χ4v) is 2.79. The summed E-state index contributed by atoms with van der Waals surface area (Å²) in [6, 6.07) is 16.9. The molecule has 0 saturated carbocycles. The van der Waals surface area contributed by atoms with Gasteiger partial charge in [-0.3, -0.25) is 0 Å². The van der Waals surface area contributed by atoms with Gasteiger partial charge in [0.2, 0.25) is 0 Å². The molecule has 0 aliphatic carbocycles. The average Bonchev–Trinajstić information content (AvgIpc) is 3.08. The third kappa shape index (κ3) is 3.63. The molecule has 0 saturated heterocycles. The van der Waals surface area contributed by atoms with E-state index in [0.717, 1.165) is 28.3 Å². The van der Waals surface area contributed by atoms with Crippen molar-refractivity contribution in [2.75, 3.05) is 0 Å². The number of hydrogen-bond donors (Lipinski definition) is 1. The van der Waals surface area contributed by atoms with Crippen LogP contribution in [0.15, 0.2) is 66.8 Å². The summed E-state index contributed by atoms with van der Waals surface area (Å²) in [4.78, 5) is 8.44. The molecule has 0 amide bonds. The van der Waals surface area contributed by atoms with Gasteiger partial charge in [-0.1, -0.05) is 60.7 Å². The Balaban J connectivity index is 2.18. The minimum absolute atomic E-state index is 0.908. The van der Waals surface area contributed by atoms with Crippen LogP contribution in [-0.2, 0) is 0 Å². The Morgan fingerprint density at radius 2 is 1.72 bits per heavy atom. The zero-order valence-electron chi connectivity index (χ0n) is 15.3. The van der Waals surface area contributed by atoms with Gasteiger partial charge in [-0.25, -0.2) is 4.98 Å². The molecular weight excluding hydrogens is 304 g/mol. The number of hydrogen-bond acceptors (Lipinski definition) is 1. The van der Waals surface area contributed by atoms with Gasteiger partial charge in [0.25, 0.3) is 0 Å². The lowest BCUT2D eigenvalue weighted by molar-refractivity contribution is 1.23. The molecule has 0 bridgehead atoms. The van der Waals surface area contributed by atoms with Crippen molar-refractivity contribution in [3.63, 3.8) is 0 Å². The Morgan fingerprint density at radius 3 is 2.40 bits per heavy atom. The maximum absolute atomic E-state index is 4.90. The number of benzene rings is 2. The molecule has 0 aliphatic heterocycles. The monoisotopic (exact) mass is 328 g/mol. The van der Waals surface area contributed by atoms with E-state index in [1.54, 1.807) is 0 Å². The van der Waals surface area contributed by atoms with E-state index in [-0.39, 0.29) is 0 Å². The van der Waals surface area contributed by atoms with Crippen molar-refractivity contribution in [2.45, 2.75) is 27.7 Å². The molecule has 126 valence electrons. The lowest BCUT2D eigenvalue weighted by Gasteiger charge is -2.06. The van der Waals surface area contributed by atoms with Crippen LogP contribution in [0.3, 0.4) is 0 Å². The standard InChI is InChI=1S/C23H24N2/c1-5-6-10-17(3)23-24-21(19-11-8-7-9-12-19)22(25-23)20-14-13-16(2)18(4)15-20/h5-15H,1-4H3,(H,24,25)/b6-5-,17-10+. The summed E-state index contributed by atoms with van der Waals surface area (Å²) in [6.07, 6.45) is 6.14. The quantitative estimate of drug-likeness (QED) is 0.556. The Morgan fingerprint density at radius 1 is 0.960 bits per heavy atom. The summed E-state index contributed by atoms with van der Waals surface area (Å²) in [6.45, 7) is 8.38. The zero-order chi connectivity index (χ0) is 17.8. The first-order chi connectivity index (χ1) is 12.1. The molecular formula is C23H24N2. The number of aryl methyl sites for hydroxylation is 2. The molecule has 3 rings (SSSR count). The zero-order valence-corrected chi connectivity index (χ0v) is 15.3. The van der Waals surface area contributed by atoms with Crippen molar-refractivity contribution < 1.29 is 0 Å². The Labute approximate surface area is 150 Å². The molecule has 0 atom stereocenters. The number of rotatable bonds is 4. The molecule has 25 heavy (non-hydrogen) atoms. The molecule has 0 unspecified atom stereocenters. The van der Waals surface area contributed by atoms with Crippen molar-refractivity contribution in [2.24, 2.45) is 0 Å². The summed E-state index contributed by atoms with van der Waals surface area (Å²) in [7, 11) is 0. The Bertz CT molecular complexity index is 928. The minimum atomic E-state index is 0.908. The van der Waals surface area contributed by atoms with Gasteiger partial charge in [0, 0.05) is 11.1 Å². The number of nitrogens with zero attached hydrogens (tertiary/aromatic N) is 1. The number of nitrogens with one attached hydrogen (secondary N) is 1. The van der Waals surface area contributed by atoms with Crippen molar-refractivity contribution in [3.05, 3.63) is 83.7 Å². The molecule has 0 aliphatic rings. The van der Waals surface area contributed by atoms with Crippen LogP contribution in [0.4, 0.5) is 0 Å². The molecule has 2 heteroatoms. The molecule has 0 fully saturated rings. The van der Waals surface area contributed by atoms with Gasteiger partial charge in [0.05, 0.1) is 11.4 Å². The summed E-state index contributed by atoms with van der Waals surface area (Å²) in [5.74, 6) is 0.908. The van der Waals surface area contributed by atoms with E-state index in [1.807, 2.05) is 25.1 Å². The maximum atomic E-state index is 4.90. The van der Waals surface area contributed by atoms with E-state index in [2.05, 4.69) is 74.3 Å². The molecule has 1 N–H and O–H groups in total. The van der Waals surface area contributed by atoms with Gasteiger partial charge in [-0.15, -0.1) is 0 Å².